The van der Waals surface area contributed by atoms with Gasteiger partial charge in [0.15, 0.2) is 0 Å². The standard InChI is InChI=1S/C15H17NO6/c1-19-11-6-4-10(5-7-11)16-9-22-8-12(14(17)20-2)13(16)15(18)21-3/h4-7H,8-9H2,1-3H3. The molecule has 0 saturated heterocycles. The van der Waals surface area contributed by atoms with E-state index < -0.39 is 11.9 Å². The smallest absolute Gasteiger partial charge is 0.355 e. The molecule has 1 aromatic carbocycles. The molecular formula is C15H17NO6. The molecule has 7 nitrogen and oxygen atoms in total. The summed E-state index contributed by atoms with van der Waals surface area (Å²) in [4.78, 5) is 25.5. The van der Waals surface area contributed by atoms with Crippen molar-refractivity contribution in [2.24, 2.45) is 0 Å². The van der Waals surface area contributed by atoms with Crippen LogP contribution in [0.1, 0.15) is 0 Å². The number of rotatable bonds is 4. The van der Waals surface area contributed by atoms with Gasteiger partial charge in [-0.15, -0.1) is 0 Å². The van der Waals surface area contributed by atoms with Gasteiger partial charge in [0, 0.05) is 5.69 Å². The van der Waals surface area contributed by atoms with Crippen molar-refractivity contribution in [3.8, 4) is 5.75 Å². The Morgan fingerprint density at radius 2 is 1.68 bits per heavy atom. The predicted octanol–water partition coefficient (Wildman–Crippen LogP) is 1.09. The van der Waals surface area contributed by atoms with Crippen molar-refractivity contribution in [1.82, 2.24) is 0 Å². The molecule has 0 N–H and O–H groups in total. The van der Waals surface area contributed by atoms with E-state index in [0.29, 0.717) is 11.4 Å². The lowest BCUT2D eigenvalue weighted by Gasteiger charge is -2.31. The summed E-state index contributed by atoms with van der Waals surface area (Å²) in [5, 5.41) is 0. The monoisotopic (exact) mass is 307 g/mol. The van der Waals surface area contributed by atoms with E-state index in [9.17, 15) is 9.59 Å². The van der Waals surface area contributed by atoms with Crippen LogP contribution in [0.15, 0.2) is 35.5 Å². The lowest BCUT2D eigenvalue weighted by Crippen LogP contribution is -2.38. The molecule has 0 saturated carbocycles. The Morgan fingerprint density at radius 3 is 2.23 bits per heavy atom. The van der Waals surface area contributed by atoms with Gasteiger partial charge in [-0.3, -0.25) is 0 Å². The summed E-state index contributed by atoms with van der Waals surface area (Å²) >= 11 is 0. The van der Waals surface area contributed by atoms with Crippen LogP contribution >= 0.6 is 0 Å². The van der Waals surface area contributed by atoms with Crippen molar-refractivity contribution in [2.75, 3.05) is 39.6 Å². The van der Waals surface area contributed by atoms with Crippen LogP contribution in [0.4, 0.5) is 5.69 Å². The first-order chi connectivity index (χ1) is 10.6. The molecule has 22 heavy (non-hydrogen) atoms. The van der Waals surface area contributed by atoms with Crippen LogP contribution in [0, 0.1) is 0 Å². The zero-order chi connectivity index (χ0) is 16.1. The molecule has 0 spiro atoms. The van der Waals surface area contributed by atoms with E-state index in [0.717, 1.165) is 0 Å². The van der Waals surface area contributed by atoms with Crippen molar-refractivity contribution in [1.29, 1.82) is 0 Å². The van der Waals surface area contributed by atoms with Gasteiger partial charge in [0.25, 0.3) is 0 Å². The fourth-order valence-electron chi connectivity index (χ4n) is 2.11. The molecule has 2 rings (SSSR count). The summed E-state index contributed by atoms with van der Waals surface area (Å²) < 4.78 is 20.0. The third-order valence-corrected chi connectivity index (χ3v) is 3.22. The van der Waals surface area contributed by atoms with E-state index >= 15 is 0 Å². The summed E-state index contributed by atoms with van der Waals surface area (Å²) in [7, 11) is 4.07. The molecule has 0 atom stereocenters. The first-order valence-electron chi connectivity index (χ1n) is 6.51. The number of hydrogen-bond donors (Lipinski definition) is 0. The normalized spacial score (nSPS) is 14.6. The van der Waals surface area contributed by atoms with E-state index in [1.54, 1.807) is 36.3 Å². The zero-order valence-corrected chi connectivity index (χ0v) is 12.6. The van der Waals surface area contributed by atoms with Crippen molar-refractivity contribution in [2.45, 2.75) is 0 Å². The van der Waals surface area contributed by atoms with Crippen LogP contribution in [0.3, 0.4) is 0 Å². The SMILES string of the molecule is COC(=O)C1=C(C(=O)OC)N(c2ccc(OC)cc2)COC1. The van der Waals surface area contributed by atoms with E-state index in [2.05, 4.69) is 0 Å². The Bertz CT molecular complexity index is 593. The molecule has 1 heterocycles. The van der Waals surface area contributed by atoms with Gasteiger partial charge in [-0.1, -0.05) is 0 Å². The molecule has 0 fully saturated rings. The molecule has 0 aromatic heterocycles. The van der Waals surface area contributed by atoms with Crippen LogP contribution in [0.5, 0.6) is 5.75 Å². The van der Waals surface area contributed by atoms with Gasteiger partial charge in [0.05, 0.1) is 33.5 Å². The number of esters is 2. The van der Waals surface area contributed by atoms with Gasteiger partial charge in [-0.25, -0.2) is 9.59 Å². The number of hydrogen-bond acceptors (Lipinski definition) is 7. The number of carbonyl (C=O) groups excluding carboxylic acids is 2. The lowest BCUT2D eigenvalue weighted by molar-refractivity contribution is -0.140. The van der Waals surface area contributed by atoms with Crippen molar-refractivity contribution in [3.63, 3.8) is 0 Å². The second-order valence-electron chi connectivity index (χ2n) is 4.41. The lowest BCUT2D eigenvalue weighted by atomic mass is 10.1. The first-order valence-corrected chi connectivity index (χ1v) is 6.51. The van der Waals surface area contributed by atoms with Gasteiger partial charge in [0.2, 0.25) is 0 Å². The largest absolute Gasteiger partial charge is 0.497 e. The minimum absolute atomic E-state index is 0.0102. The molecule has 118 valence electrons. The summed E-state index contributed by atoms with van der Waals surface area (Å²) in [6.07, 6.45) is 0. The molecular weight excluding hydrogens is 290 g/mol. The molecule has 1 aliphatic heterocycles. The third kappa shape index (κ3) is 3.04. The Kier molecular flexibility index (Phi) is 5.00. The highest BCUT2D eigenvalue weighted by atomic mass is 16.5. The summed E-state index contributed by atoms with van der Waals surface area (Å²) in [5.41, 5.74) is 0.907. The summed E-state index contributed by atoms with van der Waals surface area (Å²) in [6.45, 7) is 0.112. The Labute approximate surface area is 128 Å². The molecule has 1 aliphatic rings. The van der Waals surface area contributed by atoms with E-state index in [1.807, 2.05) is 0 Å². The van der Waals surface area contributed by atoms with E-state index in [1.165, 1.54) is 14.2 Å². The highest BCUT2D eigenvalue weighted by Gasteiger charge is 2.32. The molecule has 0 bridgehead atoms. The van der Waals surface area contributed by atoms with Crippen LogP contribution in [0.2, 0.25) is 0 Å². The third-order valence-electron chi connectivity index (χ3n) is 3.22. The Balaban J connectivity index is 2.47. The summed E-state index contributed by atoms with van der Waals surface area (Å²) in [5.74, 6) is -0.573. The van der Waals surface area contributed by atoms with Gasteiger partial charge in [-0.2, -0.15) is 0 Å². The molecule has 1 aromatic rings. The molecule has 0 radical (unpaired) electrons. The van der Waals surface area contributed by atoms with Gasteiger partial charge in [0.1, 0.15) is 18.2 Å². The average Bonchev–Trinajstić information content (AvgIpc) is 2.59. The topological polar surface area (TPSA) is 74.3 Å². The van der Waals surface area contributed by atoms with Gasteiger partial charge >= 0.3 is 11.9 Å². The number of anilines is 1. The van der Waals surface area contributed by atoms with Crippen molar-refractivity contribution < 1.29 is 28.5 Å². The maximum atomic E-state index is 12.1. The Hall–Kier alpha value is -2.54. The molecule has 0 aliphatic carbocycles. The van der Waals surface area contributed by atoms with Crippen LogP contribution in [-0.2, 0) is 23.8 Å². The van der Waals surface area contributed by atoms with Crippen molar-refractivity contribution in [3.05, 3.63) is 35.5 Å². The number of ether oxygens (including phenoxy) is 4. The number of benzene rings is 1. The molecule has 7 heteroatoms. The number of methoxy groups -OCH3 is 3. The van der Waals surface area contributed by atoms with Crippen LogP contribution in [0.25, 0.3) is 0 Å². The fourth-order valence-corrected chi connectivity index (χ4v) is 2.11. The predicted molar refractivity (Wildman–Crippen MR) is 77.4 cm³/mol. The van der Waals surface area contributed by atoms with Gasteiger partial charge < -0.3 is 23.8 Å². The maximum Gasteiger partial charge on any atom is 0.355 e. The number of carbonyl (C=O) groups is 2. The van der Waals surface area contributed by atoms with E-state index in [4.69, 9.17) is 18.9 Å². The zero-order valence-electron chi connectivity index (χ0n) is 12.6. The second-order valence-corrected chi connectivity index (χ2v) is 4.41. The minimum atomic E-state index is -0.626. The Morgan fingerprint density at radius 1 is 1.05 bits per heavy atom. The average molecular weight is 307 g/mol. The molecule has 0 unspecified atom stereocenters. The molecule has 0 amide bonds. The number of nitrogens with zero attached hydrogens (tertiary/aromatic N) is 1. The quantitative estimate of drug-likeness (QED) is 0.771. The summed E-state index contributed by atoms with van der Waals surface area (Å²) in [6, 6.07) is 7.00. The first kappa shape index (κ1) is 15.8. The second kappa shape index (κ2) is 6.95. The van der Waals surface area contributed by atoms with E-state index in [-0.39, 0.29) is 24.6 Å². The van der Waals surface area contributed by atoms with Crippen LogP contribution in [-0.4, -0.2) is 46.6 Å². The van der Waals surface area contributed by atoms with Gasteiger partial charge in [-0.05, 0) is 24.3 Å². The maximum absolute atomic E-state index is 12.1. The minimum Gasteiger partial charge on any atom is -0.497 e. The highest BCUT2D eigenvalue weighted by Crippen LogP contribution is 2.28. The fraction of sp³-hybridized carbons (Fsp3) is 0.333. The highest BCUT2D eigenvalue weighted by molar-refractivity contribution is 6.03. The van der Waals surface area contributed by atoms with Crippen LogP contribution < -0.4 is 9.64 Å². The van der Waals surface area contributed by atoms with Crippen molar-refractivity contribution >= 4 is 17.6 Å².